The first-order valence-corrected chi connectivity index (χ1v) is 6.78. The third-order valence-corrected chi connectivity index (χ3v) is 3.57. The molecule has 100 valence electrons. The number of aromatic nitrogens is 1. The van der Waals surface area contributed by atoms with Crippen LogP contribution in [0.3, 0.4) is 0 Å². The number of hydrogen-bond acceptors (Lipinski definition) is 3. The molecule has 1 aliphatic rings. The second kappa shape index (κ2) is 5.05. The van der Waals surface area contributed by atoms with E-state index >= 15 is 0 Å². The Morgan fingerprint density at radius 3 is 3.11 bits per heavy atom. The molecule has 0 aliphatic carbocycles. The van der Waals surface area contributed by atoms with Crippen molar-refractivity contribution in [3.05, 3.63) is 35.5 Å². The zero-order valence-electron chi connectivity index (χ0n) is 11.0. The molecule has 0 saturated carbocycles. The van der Waals surface area contributed by atoms with Gasteiger partial charge in [0.15, 0.2) is 0 Å². The lowest BCUT2D eigenvalue weighted by Crippen LogP contribution is -2.42. The summed E-state index contributed by atoms with van der Waals surface area (Å²) >= 11 is 0. The fourth-order valence-electron chi connectivity index (χ4n) is 2.61. The molecule has 1 atom stereocenters. The summed E-state index contributed by atoms with van der Waals surface area (Å²) in [5.74, 6) is -0.141. The Morgan fingerprint density at radius 1 is 1.42 bits per heavy atom. The first kappa shape index (κ1) is 12.2. The van der Waals surface area contributed by atoms with Gasteiger partial charge in [0.05, 0.1) is 6.61 Å². The Labute approximate surface area is 112 Å². The van der Waals surface area contributed by atoms with Crippen LogP contribution >= 0.6 is 0 Å². The Balaban J connectivity index is 1.84. The number of para-hydroxylation sites is 1. The van der Waals surface area contributed by atoms with E-state index in [-0.39, 0.29) is 12.0 Å². The van der Waals surface area contributed by atoms with Crippen molar-refractivity contribution < 1.29 is 9.53 Å². The number of benzene rings is 1. The molecule has 0 saturated heterocycles. The van der Waals surface area contributed by atoms with E-state index in [0.29, 0.717) is 19.6 Å². The van der Waals surface area contributed by atoms with Crippen LogP contribution in [0.4, 0.5) is 0 Å². The predicted molar refractivity (Wildman–Crippen MR) is 73.9 cm³/mol. The molecule has 2 aromatic rings. The Hall–Kier alpha value is -1.81. The maximum absolute atomic E-state index is 11.9. The summed E-state index contributed by atoms with van der Waals surface area (Å²) < 4.78 is 5.22. The zero-order chi connectivity index (χ0) is 13.2. The number of carbonyl (C=O) groups excluding carboxylic acids is 1. The second-order valence-electron chi connectivity index (χ2n) is 4.93. The monoisotopic (exact) mass is 258 g/mol. The molecule has 0 spiro atoms. The van der Waals surface area contributed by atoms with E-state index in [1.165, 1.54) is 16.6 Å². The standard InChI is InChI=1S/C15H18N2O2/c1-2-7-19-15(18)13-8-11-10-5-3-4-6-12(10)17-14(11)9-16-13/h3-6,13,16-17H,2,7-9H2,1H3. The molecule has 0 bridgehead atoms. The number of nitrogens with one attached hydrogen (secondary N) is 2. The highest BCUT2D eigenvalue weighted by Crippen LogP contribution is 2.26. The molecule has 2 heterocycles. The minimum atomic E-state index is -0.224. The van der Waals surface area contributed by atoms with E-state index in [1.807, 2.05) is 19.1 Å². The van der Waals surface area contributed by atoms with Crippen LogP contribution in [-0.2, 0) is 22.5 Å². The molecular formula is C15H18N2O2. The van der Waals surface area contributed by atoms with Gasteiger partial charge in [0.1, 0.15) is 6.04 Å². The maximum atomic E-state index is 11.9. The van der Waals surface area contributed by atoms with Crippen LogP contribution in [-0.4, -0.2) is 23.6 Å². The van der Waals surface area contributed by atoms with Crippen LogP contribution in [0, 0.1) is 0 Å². The number of esters is 1. The number of ether oxygens (including phenoxy) is 1. The lowest BCUT2D eigenvalue weighted by molar-refractivity contribution is -0.146. The van der Waals surface area contributed by atoms with Crippen molar-refractivity contribution in [3.63, 3.8) is 0 Å². The van der Waals surface area contributed by atoms with Gasteiger partial charge >= 0.3 is 5.97 Å². The minimum absolute atomic E-state index is 0.141. The zero-order valence-corrected chi connectivity index (χ0v) is 11.0. The van der Waals surface area contributed by atoms with Crippen LogP contribution in [0.15, 0.2) is 24.3 Å². The fraction of sp³-hybridized carbons (Fsp3) is 0.400. The molecule has 3 rings (SSSR count). The van der Waals surface area contributed by atoms with Crippen LogP contribution in [0.1, 0.15) is 24.6 Å². The summed E-state index contributed by atoms with van der Waals surface area (Å²) in [6, 6.07) is 7.99. The number of H-pyrrole nitrogens is 1. The van der Waals surface area contributed by atoms with E-state index in [1.54, 1.807) is 0 Å². The topological polar surface area (TPSA) is 54.1 Å². The van der Waals surface area contributed by atoms with Gasteiger partial charge < -0.3 is 9.72 Å². The summed E-state index contributed by atoms with van der Waals surface area (Å²) in [4.78, 5) is 15.3. The SMILES string of the molecule is CCCOC(=O)C1Cc2c([nH]c3ccccc23)CN1. The molecule has 1 aromatic heterocycles. The summed E-state index contributed by atoms with van der Waals surface area (Å²) in [5.41, 5.74) is 3.56. The van der Waals surface area contributed by atoms with Gasteiger partial charge in [0, 0.05) is 29.6 Å². The third-order valence-electron chi connectivity index (χ3n) is 3.57. The summed E-state index contributed by atoms with van der Waals surface area (Å²) in [5, 5.41) is 4.45. The molecule has 2 N–H and O–H groups in total. The van der Waals surface area contributed by atoms with E-state index < -0.39 is 0 Å². The van der Waals surface area contributed by atoms with E-state index in [0.717, 1.165) is 11.9 Å². The Morgan fingerprint density at radius 2 is 2.26 bits per heavy atom. The summed E-state index contributed by atoms with van der Waals surface area (Å²) in [7, 11) is 0. The highest BCUT2D eigenvalue weighted by Gasteiger charge is 2.27. The van der Waals surface area contributed by atoms with Crippen LogP contribution < -0.4 is 5.32 Å². The Kier molecular flexibility index (Phi) is 3.25. The van der Waals surface area contributed by atoms with Crippen molar-refractivity contribution in [2.24, 2.45) is 0 Å². The molecule has 1 unspecified atom stereocenters. The largest absolute Gasteiger partial charge is 0.465 e. The Bertz CT molecular complexity index is 603. The third kappa shape index (κ3) is 2.24. The van der Waals surface area contributed by atoms with Crippen LogP contribution in [0.25, 0.3) is 10.9 Å². The van der Waals surface area contributed by atoms with Crippen molar-refractivity contribution in [1.82, 2.24) is 10.3 Å². The minimum Gasteiger partial charge on any atom is -0.465 e. The van der Waals surface area contributed by atoms with E-state index in [9.17, 15) is 4.79 Å². The molecule has 19 heavy (non-hydrogen) atoms. The molecule has 1 aromatic carbocycles. The summed E-state index contributed by atoms with van der Waals surface area (Å²) in [6.07, 6.45) is 1.55. The van der Waals surface area contributed by atoms with Gasteiger partial charge in [0.2, 0.25) is 0 Å². The molecule has 0 radical (unpaired) electrons. The van der Waals surface area contributed by atoms with Gasteiger partial charge in [-0.05, 0) is 18.1 Å². The average Bonchev–Trinajstić information content (AvgIpc) is 2.82. The van der Waals surface area contributed by atoms with Crippen molar-refractivity contribution in [2.45, 2.75) is 32.4 Å². The summed E-state index contributed by atoms with van der Waals surface area (Å²) in [6.45, 7) is 3.19. The van der Waals surface area contributed by atoms with Gasteiger partial charge in [-0.3, -0.25) is 10.1 Å². The van der Waals surface area contributed by atoms with Crippen LogP contribution in [0.5, 0.6) is 0 Å². The first-order valence-electron chi connectivity index (χ1n) is 6.78. The van der Waals surface area contributed by atoms with Crippen LogP contribution in [0.2, 0.25) is 0 Å². The van der Waals surface area contributed by atoms with Gasteiger partial charge in [-0.25, -0.2) is 0 Å². The fourth-order valence-corrected chi connectivity index (χ4v) is 2.61. The number of fused-ring (bicyclic) bond motifs is 3. The van der Waals surface area contributed by atoms with Gasteiger partial charge in [0.25, 0.3) is 0 Å². The molecular weight excluding hydrogens is 240 g/mol. The van der Waals surface area contributed by atoms with Crippen molar-refractivity contribution in [3.8, 4) is 0 Å². The lowest BCUT2D eigenvalue weighted by atomic mass is 9.99. The van der Waals surface area contributed by atoms with E-state index in [4.69, 9.17) is 4.74 Å². The molecule has 0 amide bonds. The normalized spacial score (nSPS) is 18.3. The number of aromatic amines is 1. The molecule has 1 aliphatic heterocycles. The number of hydrogen-bond donors (Lipinski definition) is 2. The number of carbonyl (C=O) groups is 1. The first-order chi connectivity index (χ1) is 9.29. The van der Waals surface area contributed by atoms with Gasteiger partial charge in [-0.15, -0.1) is 0 Å². The second-order valence-corrected chi connectivity index (χ2v) is 4.93. The average molecular weight is 258 g/mol. The van der Waals surface area contributed by atoms with Crippen molar-refractivity contribution in [2.75, 3.05) is 6.61 Å². The smallest absolute Gasteiger partial charge is 0.323 e. The van der Waals surface area contributed by atoms with Gasteiger partial charge in [-0.2, -0.15) is 0 Å². The molecule has 0 fully saturated rings. The van der Waals surface area contributed by atoms with Crippen molar-refractivity contribution >= 4 is 16.9 Å². The lowest BCUT2D eigenvalue weighted by Gasteiger charge is -2.22. The molecule has 4 nitrogen and oxygen atoms in total. The number of rotatable bonds is 3. The van der Waals surface area contributed by atoms with Gasteiger partial charge in [-0.1, -0.05) is 25.1 Å². The maximum Gasteiger partial charge on any atom is 0.323 e. The van der Waals surface area contributed by atoms with Crippen molar-refractivity contribution in [1.29, 1.82) is 0 Å². The predicted octanol–water partition coefficient (Wildman–Crippen LogP) is 2.14. The highest BCUT2D eigenvalue weighted by molar-refractivity contribution is 5.86. The van der Waals surface area contributed by atoms with E-state index in [2.05, 4.69) is 22.4 Å². The highest BCUT2D eigenvalue weighted by atomic mass is 16.5. The quantitative estimate of drug-likeness (QED) is 0.829. The molecule has 4 heteroatoms.